The van der Waals surface area contributed by atoms with Crippen LogP contribution in [0.2, 0.25) is 5.02 Å². The molecule has 0 spiro atoms. The molecule has 0 aliphatic rings. The highest BCUT2D eigenvalue weighted by Gasteiger charge is 2.03. The van der Waals surface area contributed by atoms with Crippen molar-refractivity contribution >= 4 is 11.6 Å². The van der Waals surface area contributed by atoms with Crippen molar-refractivity contribution in [3.8, 4) is 0 Å². The summed E-state index contributed by atoms with van der Waals surface area (Å²) in [5, 5.41) is 0.551. The minimum absolute atomic E-state index is 0.00352. The van der Waals surface area contributed by atoms with Gasteiger partial charge in [0.1, 0.15) is 0 Å². The van der Waals surface area contributed by atoms with Crippen LogP contribution in [-0.2, 0) is 0 Å². The zero-order valence-corrected chi connectivity index (χ0v) is 7.58. The first-order valence-electron chi connectivity index (χ1n) is 3.73. The van der Waals surface area contributed by atoms with Crippen LogP contribution in [0.4, 0.5) is 0 Å². The lowest BCUT2D eigenvalue weighted by Crippen LogP contribution is -2.26. The molecule has 0 radical (unpaired) electrons. The van der Waals surface area contributed by atoms with E-state index >= 15 is 0 Å². The quantitative estimate of drug-likeness (QED) is 0.750. The fourth-order valence-electron chi connectivity index (χ4n) is 0.935. The predicted molar refractivity (Wildman–Crippen MR) is 49.5 cm³/mol. The zero-order chi connectivity index (χ0) is 9.14. The van der Waals surface area contributed by atoms with Crippen molar-refractivity contribution < 1.29 is 0 Å². The largest absolute Gasteiger partial charge is 0.328 e. The van der Waals surface area contributed by atoms with Crippen LogP contribution in [0.5, 0.6) is 0 Å². The molecule has 1 rings (SSSR count). The van der Waals surface area contributed by atoms with Gasteiger partial charge in [0.25, 0.3) is 5.56 Å². The Morgan fingerprint density at radius 3 is 2.92 bits per heavy atom. The fraction of sp³-hybridized carbons (Fsp3) is 0.375. The van der Waals surface area contributed by atoms with E-state index in [4.69, 9.17) is 17.3 Å². The maximum atomic E-state index is 11.2. The van der Waals surface area contributed by atoms with Gasteiger partial charge in [-0.25, -0.2) is 0 Å². The standard InChI is InChI=1S/C8H11ClN2O/c1-6(4-10)11-5-7(9)2-3-8(11)12/h2-3,5-6H,4,10H2,1H3. The lowest BCUT2D eigenvalue weighted by molar-refractivity contribution is 0.540. The highest BCUT2D eigenvalue weighted by molar-refractivity contribution is 6.30. The Hall–Kier alpha value is -0.800. The summed E-state index contributed by atoms with van der Waals surface area (Å²) in [4.78, 5) is 11.2. The second-order valence-corrected chi connectivity index (χ2v) is 3.11. The van der Waals surface area contributed by atoms with E-state index in [0.717, 1.165) is 0 Å². The lowest BCUT2D eigenvalue weighted by atomic mass is 10.3. The van der Waals surface area contributed by atoms with Crippen LogP contribution in [0, 0.1) is 0 Å². The number of pyridine rings is 1. The molecule has 0 aromatic carbocycles. The van der Waals surface area contributed by atoms with E-state index in [1.807, 2.05) is 6.92 Å². The second-order valence-electron chi connectivity index (χ2n) is 2.68. The van der Waals surface area contributed by atoms with E-state index in [1.165, 1.54) is 10.6 Å². The molecule has 1 unspecified atom stereocenters. The molecule has 0 aliphatic carbocycles. The average Bonchev–Trinajstić information content (AvgIpc) is 2.08. The smallest absolute Gasteiger partial charge is 0.250 e. The van der Waals surface area contributed by atoms with E-state index in [0.29, 0.717) is 11.6 Å². The van der Waals surface area contributed by atoms with Gasteiger partial charge < -0.3 is 10.3 Å². The molecule has 1 atom stereocenters. The third kappa shape index (κ3) is 1.87. The number of nitrogens with two attached hydrogens (primary N) is 1. The summed E-state index contributed by atoms with van der Waals surface area (Å²) in [5.74, 6) is 0. The Balaban J connectivity index is 3.13. The van der Waals surface area contributed by atoms with Gasteiger partial charge >= 0.3 is 0 Å². The predicted octanol–water partition coefficient (Wildman–Crippen LogP) is 1.02. The molecule has 2 N–H and O–H groups in total. The van der Waals surface area contributed by atoms with Gasteiger partial charge in [0.05, 0.1) is 5.02 Å². The van der Waals surface area contributed by atoms with Crippen molar-refractivity contribution in [2.24, 2.45) is 5.73 Å². The molecule has 1 aromatic rings. The van der Waals surface area contributed by atoms with Crippen LogP contribution >= 0.6 is 11.6 Å². The van der Waals surface area contributed by atoms with Crippen LogP contribution < -0.4 is 11.3 Å². The Morgan fingerprint density at radius 2 is 2.33 bits per heavy atom. The highest BCUT2D eigenvalue weighted by atomic mass is 35.5. The topological polar surface area (TPSA) is 48.0 Å². The first-order chi connectivity index (χ1) is 5.65. The molecule has 4 heteroatoms. The molecule has 0 aliphatic heterocycles. The normalized spacial score (nSPS) is 12.9. The number of nitrogens with zero attached hydrogens (tertiary/aromatic N) is 1. The van der Waals surface area contributed by atoms with Crippen molar-refractivity contribution in [1.82, 2.24) is 4.57 Å². The van der Waals surface area contributed by atoms with Gasteiger partial charge in [0, 0.05) is 24.8 Å². The highest BCUT2D eigenvalue weighted by Crippen LogP contribution is 2.07. The van der Waals surface area contributed by atoms with E-state index in [-0.39, 0.29) is 11.6 Å². The molecular formula is C8H11ClN2O. The van der Waals surface area contributed by atoms with E-state index in [1.54, 1.807) is 12.3 Å². The molecular weight excluding hydrogens is 176 g/mol. The molecule has 0 saturated carbocycles. The first kappa shape index (κ1) is 9.29. The molecule has 0 amide bonds. The molecule has 0 fully saturated rings. The maximum absolute atomic E-state index is 11.2. The molecule has 12 heavy (non-hydrogen) atoms. The third-order valence-electron chi connectivity index (χ3n) is 1.72. The first-order valence-corrected chi connectivity index (χ1v) is 4.10. The zero-order valence-electron chi connectivity index (χ0n) is 6.83. The van der Waals surface area contributed by atoms with Gasteiger partial charge in [-0.3, -0.25) is 4.79 Å². The molecule has 66 valence electrons. The Bertz CT molecular complexity index is 321. The summed E-state index contributed by atoms with van der Waals surface area (Å²) in [6.45, 7) is 2.30. The minimum Gasteiger partial charge on any atom is -0.328 e. The molecule has 3 nitrogen and oxygen atoms in total. The van der Waals surface area contributed by atoms with Gasteiger partial charge in [-0.15, -0.1) is 0 Å². The summed E-state index contributed by atoms with van der Waals surface area (Å²) in [5.41, 5.74) is 5.35. The average molecular weight is 187 g/mol. The van der Waals surface area contributed by atoms with Crippen LogP contribution in [0.15, 0.2) is 23.1 Å². The van der Waals surface area contributed by atoms with Crippen molar-refractivity contribution in [3.05, 3.63) is 33.7 Å². The van der Waals surface area contributed by atoms with E-state index in [9.17, 15) is 4.79 Å². The van der Waals surface area contributed by atoms with Gasteiger partial charge in [-0.1, -0.05) is 11.6 Å². The second kappa shape index (κ2) is 3.74. The third-order valence-corrected chi connectivity index (χ3v) is 1.94. The number of halogens is 1. The van der Waals surface area contributed by atoms with Crippen LogP contribution in [0.25, 0.3) is 0 Å². The molecule has 0 saturated heterocycles. The van der Waals surface area contributed by atoms with Crippen LogP contribution in [0.1, 0.15) is 13.0 Å². The molecule has 0 bridgehead atoms. The summed E-state index contributed by atoms with van der Waals surface area (Å²) in [6, 6.07) is 3.01. The number of rotatable bonds is 2. The Kier molecular flexibility index (Phi) is 2.89. The van der Waals surface area contributed by atoms with Crippen molar-refractivity contribution in [3.63, 3.8) is 0 Å². The summed E-state index contributed by atoms with van der Waals surface area (Å²) < 4.78 is 1.53. The summed E-state index contributed by atoms with van der Waals surface area (Å²) >= 11 is 5.72. The van der Waals surface area contributed by atoms with Gasteiger partial charge in [-0.05, 0) is 13.0 Å². The Labute approximate surface area is 75.8 Å². The van der Waals surface area contributed by atoms with Gasteiger partial charge in [0.2, 0.25) is 0 Å². The minimum atomic E-state index is -0.0719. The summed E-state index contributed by atoms with van der Waals surface area (Å²) in [7, 11) is 0. The Morgan fingerprint density at radius 1 is 1.67 bits per heavy atom. The molecule has 1 heterocycles. The van der Waals surface area contributed by atoms with Crippen molar-refractivity contribution in [2.45, 2.75) is 13.0 Å². The monoisotopic (exact) mass is 186 g/mol. The number of hydrogen-bond acceptors (Lipinski definition) is 2. The lowest BCUT2D eigenvalue weighted by Gasteiger charge is -2.11. The van der Waals surface area contributed by atoms with Crippen molar-refractivity contribution in [1.29, 1.82) is 0 Å². The SMILES string of the molecule is CC(CN)n1cc(Cl)ccc1=O. The van der Waals surface area contributed by atoms with E-state index in [2.05, 4.69) is 0 Å². The van der Waals surface area contributed by atoms with E-state index < -0.39 is 0 Å². The number of hydrogen-bond donors (Lipinski definition) is 1. The van der Waals surface area contributed by atoms with Crippen LogP contribution in [-0.4, -0.2) is 11.1 Å². The summed E-state index contributed by atoms with van der Waals surface area (Å²) in [6.07, 6.45) is 1.60. The van der Waals surface area contributed by atoms with Gasteiger partial charge in [-0.2, -0.15) is 0 Å². The van der Waals surface area contributed by atoms with Gasteiger partial charge in [0.15, 0.2) is 0 Å². The fourth-order valence-corrected chi connectivity index (χ4v) is 1.10. The maximum Gasteiger partial charge on any atom is 0.250 e. The number of aromatic nitrogens is 1. The van der Waals surface area contributed by atoms with Crippen molar-refractivity contribution in [2.75, 3.05) is 6.54 Å². The molecule has 1 aromatic heterocycles. The van der Waals surface area contributed by atoms with Crippen LogP contribution in [0.3, 0.4) is 0 Å².